The average Bonchev–Trinajstić information content (AvgIpc) is 3.23. The van der Waals surface area contributed by atoms with E-state index in [4.69, 9.17) is 9.15 Å². The van der Waals surface area contributed by atoms with E-state index in [1.54, 1.807) is 17.0 Å². The van der Waals surface area contributed by atoms with Crippen LogP contribution in [0.3, 0.4) is 0 Å². The second-order valence-corrected chi connectivity index (χ2v) is 7.32. The summed E-state index contributed by atoms with van der Waals surface area (Å²) in [6, 6.07) is 3.39. The van der Waals surface area contributed by atoms with Gasteiger partial charge in [-0.3, -0.25) is 9.59 Å². The molecule has 1 saturated carbocycles. The average molecular weight is 362 g/mol. The Labute approximate surface area is 155 Å². The normalized spacial score (nSPS) is 19.5. The maximum atomic E-state index is 12.3. The number of nitrogens with zero attached hydrogens (tertiary/aromatic N) is 1. The van der Waals surface area contributed by atoms with E-state index in [2.05, 4.69) is 5.32 Å². The molecule has 1 saturated heterocycles. The van der Waals surface area contributed by atoms with Crippen molar-refractivity contribution < 1.29 is 18.7 Å². The van der Waals surface area contributed by atoms with E-state index in [0.29, 0.717) is 44.3 Å². The van der Waals surface area contributed by atoms with Crippen LogP contribution in [0.4, 0.5) is 0 Å². The lowest BCUT2D eigenvalue weighted by Gasteiger charge is -2.30. The van der Waals surface area contributed by atoms with Crippen molar-refractivity contribution in [3.63, 3.8) is 0 Å². The summed E-state index contributed by atoms with van der Waals surface area (Å²) in [6.45, 7) is 2.59. The van der Waals surface area contributed by atoms with Crippen LogP contribution in [-0.2, 0) is 9.53 Å². The zero-order valence-electron chi connectivity index (χ0n) is 15.5. The van der Waals surface area contributed by atoms with Gasteiger partial charge in [0.1, 0.15) is 0 Å². The smallest absolute Gasteiger partial charge is 0.289 e. The number of furan rings is 1. The van der Waals surface area contributed by atoms with Crippen molar-refractivity contribution in [3.05, 3.63) is 24.2 Å². The van der Waals surface area contributed by atoms with Crippen molar-refractivity contribution in [2.75, 3.05) is 26.2 Å². The van der Waals surface area contributed by atoms with Gasteiger partial charge in [0.15, 0.2) is 5.76 Å². The molecular formula is C20H30N2O4. The molecule has 0 spiro atoms. The van der Waals surface area contributed by atoms with E-state index in [1.165, 1.54) is 38.4 Å². The zero-order valence-corrected chi connectivity index (χ0v) is 15.5. The van der Waals surface area contributed by atoms with Crippen LogP contribution in [0.25, 0.3) is 0 Å². The quantitative estimate of drug-likeness (QED) is 0.757. The fourth-order valence-corrected chi connectivity index (χ4v) is 3.81. The van der Waals surface area contributed by atoms with Gasteiger partial charge in [-0.2, -0.15) is 0 Å². The van der Waals surface area contributed by atoms with Gasteiger partial charge in [-0.05, 0) is 44.2 Å². The third-order valence-corrected chi connectivity index (χ3v) is 5.41. The van der Waals surface area contributed by atoms with Crippen LogP contribution in [-0.4, -0.2) is 49.1 Å². The number of nitrogens with one attached hydrogen (secondary N) is 1. The molecule has 0 unspecified atom stereocenters. The third kappa shape index (κ3) is 5.34. The molecule has 2 aliphatic rings. The largest absolute Gasteiger partial charge is 0.459 e. The van der Waals surface area contributed by atoms with Gasteiger partial charge in [0, 0.05) is 32.2 Å². The van der Waals surface area contributed by atoms with Crippen LogP contribution in [0.1, 0.15) is 61.9 Å². The Hall–Kier alpha value is -1.82. The van der Waals surface area contributed by atoms with Crippen molar-refractivity contribution >= 4 is 11.8 Å². The zero-order chi connectivity index (χ0) is 18.2. The molecule has 6 heteroatoms. The Balaban J connectivity index is 1.28. The molecule has 1 N–H and O–H groups in total. The van der Waals surface area contributed by atoms with Crippen molar-refractivity contribution in [2.24, 2.45) is 5.92 Å². The highest BCUT2D eigenvalue weighted by atomic mass is 16.5. The number of hydrogen-bond donors (Lipinski definition) is 1. The first-order valence-corrected chi connectivity index (χ1v) is 9.96. The molecule has 2 heterocycles. The second kappa shape index (κ2) is 9.76. The maximum absolute atomic E-state index is 12.3. The minimum absolute atomic E-state index is 0.00471. The number of hydrogen-bond acceptors (Lipinski definition) is 4. The van der Waals surface area contributed by atoms with E-state index in [1.807, 2.05) is 0 Å². The summed E-state index contributed by atoms with van der Waals surface area (Å²) in [5.41, 5.74) is 0. The van der Waals surface area contributed by atoms with Crippen molar-refractivity contribution in [1.82, 2.24) is 10.2 Å². The molecule has 0 radical (unpaired) electrons. The number of piperidine rings is 1. The van der Waals surface area contributed by atoms with Crippen LogP contribution in [0.2, 0.25) is 0 Å². The van der Waals surface area contributed by atoms with E-state index < -0.39 is 0 Å². The molecule has 6 nitrogen and oxygen atoms in total. The van der Waals surface area contributed by atoms with Gasteiger partial charge < -0.3 is 19.4 Å². The Morgan fingerprint density at radius 3 is 2.62 bits per heavy atom. The molecule has 1 aromatic heterocycles. The Bertz CT molecular complexity index is 558. The molecule has 1 aliphatic carbocycles. The SMILES string of the molecule is O=C(NCCCOC1CCCCC1)C1CCN(C(=O)c2ccco2)CC1. The van der Waals surface area contributed by atoms with Gasteiger partial charge in [0.25, 0.3) is 5.91 Å². The van der Waals surface area contributed by atoms with Gasteiger partial charge >= 0.3 is 0 Å². The van der Waals surface area contributed by atoms with Crippen LogP contribution in [0.5, 0.6) is 0 Å². The summed E-state index contributed by atoms with van der Waals surface area (Å²) in [5, 5.41) is 3.02. The Kier molecular flexibility index (Phi) is 7.12. The van der Waals surface area contributed by atoms with E-state index in [0.717, 1.165) is 13.0 Å². The predicted molar refractivity (Wildman–Crippen MR) is 97.8 cm³/mol. The third-order valence-electron chi connectivity index (χ3n) is 5.41. The summed E-state index contributed by atoms with van der Waals surface area (Å²) in [4.78, 5) is 26.3. The summed E-state index contributed by atoms with van der Waals surface area (Å²) in [5.74, 6) is 0.377. The molecule has 26 heavy (non-hydrogen) atoms. The van der Waals surface area contributed by atoms with Gasteiger partial charge in [0.2, 0.25) is 5.91 Å². The van der Waals surface area contributed by atoms with E-state index >= 15 is 0 Å². The number of carbonyl (C=O) groups is 2. The fourth-order valence-electron chi connectivity index (χ4n) is 3.81. The molecule has 144 valence electrons. The lowest BCUT2D eigenvalue weighted by atomic mass is 9.95. The standard InChI is InChI=1S/C20H30N2O4/c23-19(21-11-5-15-25-17-6-2-1-3-7-17)16-9-12-22(13-10-16)20(24)18-8-4-14-26-18/h4,8,14,16-17H,1-3,5-7,9-13,15H2,(H,21,23). The minimum atomic E-state index is -0.0891. The minimum Gasteiger partial charge on any atom is -0.459 e. The molecule has 2 amide bonds. The van der Waals surface area contributed by atoms with Crippen molar-refractivity contribution in [3.8, 4) is 0 Å². The van der Waals surface area contributed by atoms with Crippen LogP contribution < -0.4 is 5.32 Å². The summed E-state index contributed by atoms with van der Waals surface area (Å²) in [6.07, 6.45) is 10.5. The Morgan fingerprint density at radius 2 is 1.92 bits per heavy atom. The van der Waals surface area contributed by atoms with Crippen molar-refractivity contribution in [2.45, 2.75) is 57.5 Å². The highest BCUT2D eigenvalue weighted by molar-refractivity contribution is 5.91. The molecule has 2 fully saturated rings. The van der Waals surface area contributed by atoms with Gasteiger partial charge in [-0.15, -0.1) is 0 Å². The molecule has 3 rings (SSSR count). The number of carbonyl (C=O) groups excluding carboxylic acids is 2. The number of likely N-dealkylation sites (tertiary alicyclic amines) is 1. The van der Waals surface area contributed by atoms with Gasteiger partial charge in [-0.25, -0.2) is 0 Å². The topological polar surface area (TPSA) is 71.8 Å². The molecular weight excluding hydrogens is 332 g/mol. The summed E-state index contributed by atoms with van der Waals surface area (Å²) >= 11 is 0. The first kappa shape index (κ1) is 19.0. The fraction of sp³-hybridized carbons (Fsp3) is 0.700. The summed E-state index contributed by atoms with van der Waals surface area (Å²) in [7, 11) is 0. The van der Waals surface area contributed by atoms with E-state index in [-0.39, 0.29) is 17.7 Å². The van der Waals surface area contributed by atoms with Gasteiger partial charge in [0.05, 0.1) is 12.4 Å². The maximum Gasteiger partial charge on any atom is 0.289 e. The Morgan fingerprint density at radius 1 is 1.15 bits per heavy atom. The first-order chi connectivity index (χ1) is 12.7. The molecule has 1 aromatic rings. The summed E-state index contributed by atoms with van der Waals surface area (Å²) < 4.78 is 11.0. The van der Waals surface area contributed by atoms with Crippen LogP contribution in [0, 0.1) is 5.92 Å². The number of amides is 2. The highest BCUT2D eigenvalue weighted by Gasteiger charge is 2.28. The molecule has 0 atom stereocenters. The number of ether oxygens (including phenoxy) is 1. The number of rotatable bonds is 7. The van der Waals surface area contributed by atoms with Crippen molar-refractivity contribution in [1.29, 1.82) is 0 Å². The van der Waals surface area contributed by atoms with Crippen LogP contribution >= 0.6 is 0 Å². The highest BCUT2D eigenvalue weighted by Crippen LogP contribution is 2.21. The van der Waals surface area contributed by atoms with Crippen LogP contribution in [0.15, 0.2) is 22.8 Å². The molecule has 0 bridgehead atoms. The lowest BCUT2D eigenvalue weighted by molar-refractivity contribution is -0.126. The van der Waals surface area contributed by atoms with Gasteiger partial charge in [-0.1, -0.05) is 19.3 Å². The second-order valence-electron chi connectivity index (χ2n) is 7.32. The molecule has 0 aromatic carbocycles. The first-order valence-electron chi connectivity index (χ1n) is 9.96. The lowest BCUT2D eigenvalue weighted by Crippen LogP contribution is -2.43. The van der Waals surface area contributed by atoms with E-state index in [9.17, 15) is 9.59 Å². The molecule has 1 aliphatic heterocycles. The predicted octanol–water partition coefficient (Wildman–Crippen LogP) is 2.99. The monoisotopic (exact) mass is 362 g/mol.